The van der Waals surface area contributed by atoms with Crippen molar-refractivity contribution in [3.63, 3.8) is 0 Å². The smallest absolute Gasteiger partial charge is 0.383 e. The molecule has 680 valence electrons. The summed E-state index contributed by atoms with van der Waals surface area (Å²) in [5.74, 6) is 0.282. The van der Waals surface area contributed by atoms with Gasteiger partial charge in [0.1, 0.15) is 83.0 Å². The molecule has 6 bridgehead atoms. The van der Waals surface area contributed by atoms with Crippen LogP contribution in [0.2, 0.25) is 0 Å². The Kier molecular flexibility index (Phi) is 27.3. The van der Waals surface area contributed by atoms with Gasteiger partial charge in [0.15, 0.2) is 41.0 Å². The first-order valence-electron chi connectivity index (χ1n) is 40.0. The Bertz CT molecular complexity index is 5160. The van der Waals surface area contributed by atoms with Crippen LogP contribution in [0.4, 0.5) is 23.5 Å². The van der Waals surface area contributed by atoms with Crippen LogP contribution >= 0.6 is 22.4 Å². The summed E-state index contributed by atoms with van der Waals surface area (Å²) >= 11 is 5.34. The zero-order chi connectivity index (χ0) is 90.7. The first-order valence-corrected chi connectivity index (χ1v) is 45.6. The fourth-order valence-corrected chi connectivity index (χ4v) is 21.7. The maximum absolute atomic E-state index is 12.8. The molecule has 0 aromatic carbocycles. The molecule has 13 heterocycles. The molecule has 18 atom stereocenters. The SMILES string of the molecule is CC(C)(C)C[C@@]12COC([C@H](n3cnc4c(=O)[nH]c(N)nc43)O1)[C@H]2OP(=O)(O)OC(C)(C)C.COC[C@]1(CC(C)(C)C)O[C@@H](n2cnc3c(=O)[nH]c(N)nc32)C[C@H]1OP(O)(=S)OC(C)(C)C.Cc1cn([C@@H]2O[C@@]3(CC(C)(C)C)COC2[C@H]3OC(C)(C)C)c(=O)nc1N.Cc1cn([C@@H]2O[C@@]3(CC(C)(C)C)COC2[C@H]3OP(=O)(O)OC(C)(C)C)c(=O)nc1N. The fraction of sp³-hybridized carbons (Fsp3) is 0.766. The number of fused-ring (bicyclic) bond motifs is 8. The van der Waals surface area contributed by atoms with Crippen molar-refractivity contribution in [2.24, 2.45) is 21.7 Å². The molecule has 13 N–H and O–H groups in total. The molecule has 6 unspecified atom stereocenters. The Morgan fingerprint density at radius 1 is 0.496 bits per heavy atom. The zero-order valence-electron chi connectivity index (χ0n) is 74.5. The molecule has 0 radical (unpaired) electrons. The summed E-state index contributed by atoms with van der Waals surface area (Å²) in [6, 6.07) is 0. The third-order valence-electron chi connectivity index (χ3n) is 19.8. The van der Waals surface area contributed by atoms with Crippen molar-refractivity contribution < 1.29 is 93.6 Å². The van der Waals surface area contributed by atoms with Gasteiger partial charge >= 0.3 is 33.7 Å². The topological polar surface area (TPSA) is 534 Å². The Morgan fingerprint density at radius 3 is 1.21 bits per heavy atom. The number of methoxy groups -OCH3 is 1. The number of aryl methyl sites for hydroxylation is 2. The van der Waals surface area contributed by atoms with Gasteiger partial charge in [-0.3, -0.25) is 55.9 Å². The number of anilines is 4. The number of hydrogen-bond donors (Lipinski definition) is 9. The molecule has 7 aliphatic rings. The van der Waals surface area contributed by atoms with E-state index < -0.39 is 140 Å². The molecule has 121 heavy (non-hydrogen) atoms. The minimum absolute atomic E-state index is 0.0207. The first-order chi connectivity index (χ1) is 55.0. The number of nitrogens with one attached hydrogen (secondary N) is 2. The molecule has 7 fully saturated rings. The van der Waals surface area contributed by atoms with E-state index in [4.69, 9.17) is 105 Å². The second kappa shape index (κ2) is 34.0. The number of ether oxygens (including phenoxy) is 9. The second-order valence-corrected chi connectivity index (χ2v) is 46.5. The van der Waals surface area contributed by atoms with Crippen molar-refractivity contribution in [3.8, 4) is 0 Å². The normalized spacial score (nSPS) is 29.6. The predicted octanol–water partition coefficient (Wildman–Crippen LogP) is 9.92. The van der Waals surface area contributed by atoms with Crippen molar-refractivity contribution in [2.75, 3.05) is 56.5 Å². The van der Waals surface area contributed by atoms with E-state index in [2.05, 4.69) is 81.4 Å². The van der Waals surface area contributed by atoms with Crippen LogP contribution in [0.1, 0.15) is 234 Å². The van der Waals surface area contributed by atoms with Gasteiger partial charge < -0.3 is 89.3 Å². The summed E-state index contributed by atoms with van der Waals surface area (Å²) in [5, 5.41) is 0. The van der Waals surface area contributed by atoms with Crippen molar-refractivity contribution in [1.29, 1.82) is 0 Å². The lowest BCUT2D eigenvalue weighted by atomic mass is 9.79. The lowest BCUT2D eigenvalue weighted by Gasteiger charge is -2.39. The Morgan fingerprint density at radius 2 is 0.851 bits per heavy atom. The van der Waals surface area contributed by atoms with Crippen LogP contribution in [0.3, 0.4) is 0 Å². The number of nitrogens with zero attached hydrogens (tertiary/aromatic N) is 10. The molecule has 7 aliphatic heterocycles. The van der Waals surface area contributed by atoms with E-state index in [1.165, 1.54) is 21.8 Å². The molecule has 7 saturated heterocycles. The van der Waals surface area contributed by atoms with Gasteiger partial charge in [0, 0.05) is 37.1 Å². The number of nitrogens with two attached hydrogens (primary N) is 4. The molecular weight excluding hydrogens is 1660 g/mol. The highest BCUT2D eigenvalue weighted by atomic mass is 32.5. The first kappa shape index (κ1) is 97.2. The molecule has 0 saturated carbocycles. The standard InChI is InChI=1S/C20H34N5O6PS.C19H30N5O7P.C19H32N3O7P.C19H31N3O4/c1-18(2,3)9-20(10-28-7)12(30-32(27,33)31-19(4,5)6)8-13(29-20)25-11-22-14-15(25)23-17(21)24-16(14)26;1-17(2,3)7-19-8-28-11(12(19)30-32(26,27)31-18(4,5)6)15(29-19)24-9-21-10-13(24)22-16(20)23-14(10)25;1-11-8-22(16(23)21-14(11)20)15-12-13(28-30(24,25)29-18(5,6)7)19(27-15,10-26-12)9-17(2,3)4;1-11-8-22(16(23)21-14(11)20)15-12-13(25-18(5,6)7)19(26-15,10-24-12)9-17(2,3)4/h11-13H,8-10H2,1-7H3,(H,27,33)(H3,21,23,24,26);9,11-12,15H,7-8H2,1-6H3,(H,26,27)(H3,20,22,23,25);8,12-13,15H,9-10H2,1-7H3,(H,24,25)(H2,20,21,23);8,12-13,15H,9-10H2,1-7H3,(H2,20,21,23)/t12-,13-,20+,32?;11?,12-,15-,19+;2*12?,13-,15-,19+/m1111/s1. The number of aromatic nitrogens is 12. The number of aromatic amines is 2. The van der Waals surface area contributed by atoms with Crippen molar-refractivity contribution in [1.82, 2.24) is 58.1 Å². The number of H-pyrrole nitrogens is 2. The summed E-state index contributed by atoms with van der Waals surface area (Å²) in [5.41, 5.74) is 16.1. The van der Waals surface area contributed by atoms with Gasteiger partial charge in [-0.25, -0.2) is 28.7 Å². The lowest BCUT2D eigenvalue weighted by Crippen LogP contribution is -2.47. The highest BCUT2D eigenvalue weighted by Gasteiger charge is 2.69. The van der Waals surface area contributed by atoms with Crippen LogP contribution < -0.4 is 45.4 Å². The number of hydrogen-bond acceptors (Lipinski definition) is 32. The minimum atomic E-state index is -4.45. The van der Waals surface area contributed by atoms with Crippen LogP contribution in [0.5, 0.6) is 0 Å². The van der Waals surface area contributed by atoms with Gasteiger partial charge in [0.2, 0.25) is 11.9 Å². The zero-order valence-corrected chi connectivity index (χ0v) is 78.0. The van der Waals surface area contributed by atoms with E-state index in [0.29, 0.717) is 43.5 Å². The van der Waals surface area contributed by atoms with Crippen molar-refractivity contribution in [2.45, 2.75) is 325 Å². The monoisotopic (exact) mass is 1780 g/mol. The van der Waals surface area contributed by atoms with E-state index in [1.807, 2.05) is 69.2 Å². The van der Waals surface area contributed by atoms with Gasteiger partial charge in [-0.05, 0) is 156 Å². The van der Waals surface area contributed by atoms with E-state index in [0.717, 1.165) is 12.0 Å². The number of phosphoric acid groups is 2. The molecule has 6 aromatic heterocycles. The van der Waals surface area contributed by atoms with E-state index in [1.54, 1.807) is 97.9 Å². The van der Waals surface area contributed by atoms with E-state index in [-0.39, 0.29) is 99.5 Å². The van der Waals surface area contributed by atoms with Crippen molar-refractivity contribution >= 4 is 80.0 Å². The molecule has 40 nitrogen and oxygen atoms in total. The molecule has 0 spiro atoms. The fourth-order valence-electron chi connectivity index (χ4n) is 16.8. The Labute approximate surface area is 708 Å². The molecule has 0 amide bonds. The molecule has 6 aromatic rings. The number of imidazole rings is 2. The summed E-state index contributed by atoms with van der Waals surface area (Å²) in [6.07, 6.45) is 1.19. The lowest BCUT2D eigenvalue weighted by molar-refractivity contribution is -0.189. The van der Waals surface area contributed by atoms with Gasteiger partial charge in [0.25, 0.3) is 11.1 Å². The molecule has 44 heteroatoms. The predicted molar refractivity (Wildman–Crippen MR) is 452 cm³/mol. The van der Waals surface area contributed by atoms with Crippen molar-refractivity contribution in [3.05, 3.63) is 77.9 Å². The molecule has 0 aliphatic carbocycles. The van der Waals surface area contributed by atoms with Crippen LogP contribution in [-0.4, -0.2) is 194 Å². The number of rotatable bonds is 20. The van der Waals surface area contributed by atoms with Crippen LogP contribution in [-0.2, 0) is 90.7 Å². The maximum atomic E-state index is 12.8. The second-order valence-electron chi connectivity index (χ2n) is 41.2. The van der Waals surface area contributed by atoms with Gasteiger partial charge in [-0.2, -0.15) is 19.9 Å². The highest BCUT2D eigenvalue weighted by Crippen LogP contribution is 2.62. The summed E-state index contributed by atoms with van der Waals surface area (Å²) in [7, 11) is -7.31. The maximum Gasteiger partial charge on any atom is 0.473 e. The third kappa shape index (κ3) is 23.3. The molecule has 13 rings (SSSR count). The Balaban J connectivity index is 0.000000170. The number of phosphoric ester groups is 2. The molecular formula is C77H127N16O24P3S. The van der Waals surface area contributed by atoms with Gasteiger partial charge in [-0.15, -0.1) is 0 Å². The van der Waals surface area contributed by atoms with Gasteiger partial charge in [0.05, 0.1) is 61.5 Å². The van der Waals surface area contributed by atoms with Crippen LogP contribution in [0, 0.1) is 35.5 Å². The quantitative estimate of drug-likeness (QED) is 0.0321. The number of nitrogen functional groups attached to an aromatic ring is 4. The van der Waals surface area contributed by atoms with Crippen LogP contribution in [0.15, 0.2) is 44.2 Å². The summed E-state index contributed by atoms with van der Waals surface area (Å²) in [6.45, 7) is 47.2. The summed E-state index contributed by atoms with van der Waals surface area (Å²) < 4.78 is 121. The van der Waals surface area contributed by atoms with Gasteiger partial charge in [-0.1, -0.05) is 83.1 Å². The third-order valence-corrected chi connectivity index (χ3v) is 24.1. The minimum Gasteiger partial charge on any atom is -0.383 e. The van der Waals surface area contributed by atoms with E-state index in [9.17, 15) is 43.0 Å². The average Bonchev–Trinajstić information content (AvgIpc) is 1.56. The van der Waals surface area contributed by atoms with E-state index >= 15 is 0 Å². The van der Waals surface area contributed by atoms with Crippen LogP contribution in [0.25, 0.3) is 22.3 Å². The largest absolute Gasteiger partial charge is 0.473 e. The summed E-state index contributed by atoms with van der Waals surface area (Å²) in [4.78, 5) is 110. The Hall–Kier alpha value is -5.95. The average molecular weight is 1790 g/mol. The highest BCUT2D eigenvalue weighted by molar-refractivity contribution is 8.07.